The molecular weight excluding hydrogens is 208 g/mol. The van der Waals surface area contributed by atoms with E-state index in [2.05, 4.69) is 17.1 Å². The minimum absolute atomic E-state index is 0.785. The van der Waals surface area contributed by atoms with Crippen LogP contribution in [0.3, 0.4) is 0 Å². The maximum atomic E-state index is 3.65. The van der Waals surface area contributed by atoms with Gasteiger partial charge in [-0.3, -0.25) is 0 Å². The molecule has 0 radical (unpaired) electrons. The van der Waals surface area contributed by atoms with E-state index in [9.17, 15) is 0 Å². The molecule has 2 heteroatoms. The monoisotopic (exact) mass is 238 g/mol. The van der Waals surface area contributed by atoms with E-state index in [4.69, 9.17) is 0 Å². The summed E-state index contributed by atoms with van der Waals surface area (Å²) in [5.74, 6) is 1.01. The lowest BCUT2D eigenvalue weighted by molar-refractivity contribution is 0.210. The highest BCUT2D eigenvalue weighted by Gasteiger charge is 2.22. The molecule has 1 saturated heterocycles. The summed E-state index contributed by atoms with van der Waals surface area (Å²) >= 11 is 0. The van der Waals surface area contributed by atoms with Crippen LogP contribution in [0.25, 0.3) is 0 Å². The van der Waals surface area contributed by atoms with Crippen LogP contribution in [0.15, 0.2) is 0 Å². The minimum atomic E-state index is 0.785. The van der Waals surface area contributed by atoms with Gasteiger partial charge in [-0.1, -0.05) is 26.2 Å². The van der Waals surface area contributed by atoms with Crippen molar-refractivity contribution in [1.29, 1.82) is 0 Å². The van der Waals surface area contributed by atoms with Crippen molar-refractivity contribution in [3.8, 4) is 0 Å². The topological polar surface area (TPSA) is 15.3 Å². The third-order valence-corrected chi connectivity index (χ3v) is 4.46. The van der Waals surface area contributed by atoms with Gasteiger partial charge in [0.1, 0.15) is 0 Å². The summed E-state index contributed by atoms with van der Waals surface area (Å²) in [6, 6.07) is 0.785. The van der Waals surface area contributed by atoms with E-state index in [0.29, 0.717) is 0 Å². The van der Waals surface area contributed by atoms with Crippen molar-refractivity contribution in [2.75, 3.05) is 26.2 Å². The quantitative estimate of drug-likeness (QED) is 0.733. The van der Waals surface area contributed by atoms with Crippen LogP contribution in [0.1, 0.15) is 58.3 Å². The number of nitrogens with one attached hydrogen (secondary N) is 1. The van der Waals surface area contributed by atoms with Crippen molar-refractivity contribution in [1.82, 2.24) is 10.2 Å². The Morgan fingerprint density at radius 3 is 2.53 bits per heavy atom. The molecule has 17 heavy (non-hydrogen) atoms. The summed E-state index contributed by atoms with van der Waals surface area (Å²) in [6.45, 7) is 7.55. The normalized spacial score (nSPS) is 26.1. The van der Waals surface area contributed by atoms with Crippen molar-refractivity contribution in [2.24, 2.45) is 5.92 Å². The molecule has 2 fully saturated rings. The van der Waals surface area contributed by atoms with Crippen LogP contribution in [0, 0.1) is 5.92 Å². The summed E-state index contributed by atoms with van der Waals surface area (Å²) in [6.07, 6.45) is 11.4. The molecule has 1 atom stereocenters. The molecule has 2 nitrogen and oxygen atoms in total. The Bertz CT molecular complexity index is 175. The predicted molar refractivity (Wildman–Crippen MR) is 74.3 cm³/mol. The van der Waals surface area contributed by atoms with Crippen molar-refractivity contribution in [3.63, 3.8) is 0 Å². The van der Waals surface area contributed by atoms with Crippen molar-refractivity contribution in [2.45, 2.75) is 64.3 Å². The first kappa shape index (κ1) is 13.4. The van der Waals surface area contributed by atoms with Gasteiger partial charge in [0, 0.05) is 19.1 Å². The Hall–Kier alpha value is -0.0800. The average Bonchev–Trinajstić information content (AvgIpc) is 2.99. The van der Waals surface area contributed by atoms with E-state index in [-0.39, 0.29) is 0 Å². The van der Waals surface area contributed by atoms with E-state index < -0.39 is 0 Å². The zero-order valence-electron chi connectivity index (χ0n) is 11.6. The van der Waals surface area contributed by atoms with E-state index in [1.165, 1.54) is 77.5 Å². The molecule has 1 N–H and O–H groups in total. The Labute approximate surface area is 107 Å². The fourth-order valence-corrected chi connectivity index (χ4v) is 3.42. The first-order chi connectivity index (χ1) is 8.38. The van der Waals surface area contributed by atoms with Crippen LogP contribution in [-0.4, -0.2) is 37.1 Å². The van der Waals surface area contributed by atoms with Crippen molar-refractivity contribution in [3.05, 3.63) is 0 Å². The highest BCUT2D eigenvalue weighted by molar-refractivity contribution is 4.80. The SMILES string of the molecule is CCCCN(CC1CCCC1)CC1CCCN1. The highest BCUT2D eigenvalue weighted by atomic mass is 15.2. The van der Waals surface area contributed by atoms with E-state index in [1.54, 1.807) is 0 Å². The zero-order chi connectivity index (χ0) is 11.9. The smallest absolute Gasteiger partial charge is 0.0195 e. The molecule has 1 aliphatic heterocycles. The second-order valence-electron chi connectivity index (χ2n) is 6.06. The third-order valence-electron chi connectivity index (χ3n) is 4.46. The summed E-state index contributed by atoms with van der Waals surface area (Å²) in [4.78, 5) is 2.75. The fourth-order valence-electron chi connectivity index (χ4n) is 3.42. The molecule has 1 unspecified atom stereocenters. The van der Waals surface area contributed by atoms with Gasteiger partial charge in [0.25, 0.3) is 0 Å². The lowest BCUT2D eigenvalue weighted by atomic mass is 10.1. The lowest BCUT2D eigenvalue weighted by Gasteiger charge is -2.28. The second kappa shape index (κ2) is 7.38. The van der Waals surface area contributed by atoms with Gasteiger partial charge >= 0.3 is 0 Å². The molecule has 0 aromatic rings. The fraction of sp³-hybridized carbons (Fsp3) is 1.00. The number of nitrogens with zero attached hydrogens (tertiary/aromatic N) is 1. The summed E-state index contributed by atoms with van der Waals surface area (Å²) in [7, 11) is 0. The predicted octanol–water partition coefficient (Wildman–Crippen LogP) is 3.03. The zero-order valence-corrected chi connectivity index (χ0v) is 11.6. The van der Waals surface area contributed by atoms with Crippen LogP contribution in [-0.2, 0) is 0 Å². The molecule has 1 saturated carbocycles. The summed E-state index contributed by atoms with van der Waals surface area (Å²) in [5.41, 5.74) is 0. The van der Waals surface area contributed by atoms with Crippen LogP contribution in [0.2, 0.25) is 0 Å². The van der Waals surface area contributed by atoms with Crippen molar-refractivity contribution >= 4 is 0 Å². The van der Waals surface area contributed by atoms with Gasteiger partial charge in [-0.25, -0.2) is 0 Å². The molecule has 0 amide bonds. The van der Waals surface area contributed by atoms with Gasteiger partial charge in [0.05, 0.1) is 0 Å². The van der Waals surface area contributed by atoms with E-state index in [1.807, 2.05) is 0 Å². The average molecular weight is 238 g/mol. The molecule has 1 aliphatic carbocycles. The lowest BCUT2D eigenvalue weighted by Crippen LogP contribution is -2.40. The molecule has 100 valence electrons. The van der Waals surface area contributed by atoms with Crippen LogP contribution >= 0.6 is 0 Å². The van der Waals surface area contributed by atoms with Gasteiger partial charge in [-0.2, -0.15) is 0 Å². The Morgan fingerprint density at radius 1 is 1.06 bits per heavy atom. The molecule has 1 heterocycles. The number of rotatable bonds is 7. The van der Waals surface area contributed by atoms with Crippen LogP contribution < -0.4 is 5.32 Å². The Balaban J connectivity index is 1.74. The third kappa shape index (κ3) is 4.59. The van der Waals surface area contributed by atoms with Crippen LogP contribution in [0.5, 0.6) is 0 Å². The summed E-state index contributed by atoms with van der Waals surface area (Å²) < 4.78 is 0. The molecule has 0 aromatic heterocycles. The number of hydrogen-bond donors (Lipinski definition) is 1. The van der Waals surface area contributed by atoms with Gasteiger partial charge < -0.3 is 10.2 Å². The first-order valence-electron chi connectivity index (χ1n) is 7.84. The minimum Gasteiger partial charge on any atom is -0.313 e. The first-order valence-corrected chi connectivity index (χ1v) is 7.84. The number of hydrogen-bond acceptors (Lipinski definition) is 2. The second-order valence-corrected chi connectivity index (χ2v) is 6.06. The maximum absolute atomic E-state index is 3.65. The Kier molecular flexibility index (Phi) is 5.79. The molecule has 0 aromatic carbocycles. The molecular formula is C15H30N2. The molecule has 0 bridgehead atoms. The maximum Gasteiger partial charge on any atom is 0.0195 e. The number of unbranched alkanes of at least 4 members (excludes halogenated alkanes) is 1. The molecule has 0 spiro atoms. The van der Waals surface area contributed by atoms with E-state index >= 15 is 0 Å². The summed E-state index contributed by atoms with van der Waals surface area (Å²) in [5, 5.41) is 3.65. The van der Waals surface area contributed by atoms with Crippen molar-refractivity contribution < 1.29 is 0 Å². The van der Waals surface area contributed by atoms with Crippen LogP contribution in [0.4, 0.5) is 0 Å². The molecule has 2 rings (SSSR count). The van der Waals surface area contributed by atoms with E-state index in [0.717, 1.165) is 12.0 Å². The highest BCUT2D eigenvalue weighted by Crippen LogP contribution is 2.25. The largest absolute Gasteiger partial charge is 0.313 e. The molecule has 2 aliphatic rings. The van der Waals surface area contributed by atoms with Gasteiger partial charge in [0.2, 0.25) is 0 Å². The van der Waals surface area contributed by atoms with Gasteiger partial charge in [-0.05, 0) is 51.1 Å². The standard InChI is InChI=1S/C15H30N2/c1-2-3-11-17(12-14-7-4-5-8-14)13-15-9-6-10-16-15/h14-16H,2-13H2,1H3. The van der Waals surface area contributed by atoms with Gasteiger partial charge in [0.15, 0.2) is 0 Å². The Morgan fingerprint density at radius 2 is 1.88 bits per heavy atom. The van der Waals surface area contributed by atoms with Gasteiger partial charge in [-0.15, -0.1) is 0 Å².